The van der Waals surface area contributed by atoms with E-state index in [1.807, 2.05) is 6.92 Å². The lowest BCUT2D eigenvalue weighted by atomic mass is 10.5. The monoisotopic (exact) mass is 302 g/mol. The highest BCUT2D eigenvalue weighted by Gasteiger charge is 2.21. The molecule has 0 aliphatic heterocycles. The molecule has 8 heteroatoms. The Labute approximate surface area is 120 Å². The van der Waals surface area contributed by atoms with Gasteiger partial charge in [0.2, 0.25) is 16.0 Å². The lowest BCUT2D eigenvalue weighted by Gasteiger charge is -2.16. The van der Waals surface area contributed by atoms with Gasteiger partial charge in [0.25, 0.3) is 0 Å². The third kappa shape index (κ3) is 4.69. The van der Waals surface area contributed by atoms with Gasteiger partial charge in [-0.2, -0.15) is 0 Å². The smallest absolute Gasteiger partial charge is 0.245 e. The molecule has 1 rings (SSSR count). The zero-order valence-corrected chi connectivity index (χ0v) is 13.0. The van der Waals surface area contributed by atoms with Crippen molar-refractivity contribution in [2.24, 2.45) is 0 Å². The van der Waals surface area contributed by atoms with Gasteiger partial charge in [0.1, 0.15) is 4.90 Å². The van der Waals surface area contributed by atoms with Crippen molar-refractivity contribution in [1.29, 1.82) is 0 Å². The first-order valence-electron chi connectivity index (χ1n) is 6.53. The normalized spacial score (nSPS) is 11.8. The van der Waals surface area contributed by atoms with Gasteiger partial charge in [-0.05, 0) is 12.8 Å². The summed E-state index contributed by atoms with van der Waals surface area (Å²) >= 11 is 0. The maximum absolute atomic E-state index is 12.2. The number of hydrogen-bond donors (Lipinski definition) is 1. The maximum atomic E-state index is 12.2. The highest BCUT2D eigenvalue weighted by Crippen LogP contribution is 2.13. The molecule has 0 bridgehead atoms. The predicted molar refractivity (Wildman–Crippen MR) is 77.1 cm³/mol. The fourth-order valence-corrected chi connectivity index (χ4v) is 2.61. The van der Waals surface area contributed by atoms with E-state index in [1.54, 1.807) is 7.11 Å². The van der Waals surface area contributed by atoms with Crippen LogP contribution in [0.5, 0.6) is 0 Å². The first-order valence-corrected chi connectivity index (χ1v) is 7.97. The van der Waals surface area contributed by atoms with Crippen molar-refractivity contribution >= 4 is 16.0 Å². The summed E-state index contributed by atoms with van der Waals surface area (Å²) in [5.74, 6) is 0.438. The second-order valence-electron chi connectivity index (χ2n) is 4.34. The van der Waals surface area contributed by atoms with Crippen molar-refractivity contribution in [2.75, 3.05) is 39.2 Å². The van der Waals surface area contributed by atoms with E-state index in [-0.39, 0.29) is 4.90 Å². The van der Waals surface area contributed by atoms with Crippen LogP contribution in [0.25, 0.3) is 0 Å². The summed E-state index contributed by atoms with van der Waals surface area (Å²) in [6.45, 7) is 3.70. The molecule has 1 aromatic rings. The molecule has 0 aliphatic carbocycles. The molecule has 0 fully saturated rings. The number of sulfonamides is 1. The Morgan fingerprint density at radius 2 is 2.00 bits per heavy atom. The highest BCUT2D eigenvalue weighted by molar-refractivity contribution is 7.89. The van der Waals surface area contributed by atoms with Crippen molar-refractivity contribution in [1.82, 2.24) is 14.3 Å². The fraction of sp³-hybridized carbons (Fsp3) is 0.667. The molecule has 1 heterocycles. The molecule has 20 heavy (non-hydrogen) atoms. The summed E-state index contributed by atoms with van der Waals surface area (Å²) in [6.07, 6.45) is 4.25. The highest BCUT2D eigenvalue weighted by atomic mass is 32.2. The molecule has 0 aliphatic rings. The lowest BCUT2D eigenvalue weighted by Crippen LogP contribution is -2.28. The molecule has 0 spiro atoms. The number of hydrogen-bond acceptors (Lipinski definition) is 6. The summed E-state index contributed by atoms with van der Waals surface area (Å²) < 4.78 is 30.7. The van der Waals surface area contributed by atoms with Crippen LogP contribution in [-0.2, 0) is 14.8 Å². The van der Waals surface area contributed by atoms with E-state index in [2.05, 4.69) is 15.3 Å². The molecule has 0 saturated heterocycles. The van der Waals surface area contributed by atoms with E-state index in [0.29, 0.717) is 25.5 Å². The average Bonchev–Trinajstić information content (AvgIpc) is 2.45. The fourth-order valence-electron chi connectivity index (χ4n) is 1.51. The Hall–Kier alpha value is -1.25. The predicted octanol–water partition coefficient (Wildman–Crippen LogP) is 0.955. The first-order chi connectivity index (χ1) is 9.52. The number of rotatable bonds is 9. The van der Waals surface area contributed by atoms with Crippen LogP contribution in [0.15, 0.2) is 17.3 Å². The van der Waals surface area contributed by atoms with Crippen molar-refractivity contribution in [2.45, 2.75) is 24.7 Å². The third-order valence-electron chi connectivity index (χ3n) is 2.69. The maximum Gasteiger partial charge on any atom is 0.245 e. The van der Waals surface area contributed by atoms with E-state index in [4.69, 9.17) is 4.74 Å². The second kappa shape index (κ2) is 8.13. The largest absolute Gasteiger partial charge is 0.385 e. The second-order valence-corrected chi connectivity index (χ2v) is 6.39. The molecule has 0 aromatic carbocycles. The first kappa shape index (κ1) is 16.8. The number of methoxy groups -OCH3 is 1. The summed E-state index contributed by atoms with van der Waals surface area (Å²) in [6, 6.07) is 0. The zero-order chi connectivity index (χ0) is 15.0. The standard InChI is InChI=1S/C12H22N4O3S/c1-4-6-13-12-14-9-11(10-15-12)20(17,18)16(2)7-5-8-19-3/h9-10H,4-8H2,1-3H3,(H,13,14,15). The SMILES string of the molecule is CCCNc1ncc(S(=O)(=O)N(C)CCCOC)cn1. The summed E-state index contributed by atoms with van der Waals surface area (Å²) in [5, 5.41) is 3.00. The summed E-state index contributed by atoms with van der Waals surface area (Å²) in [5.41, 5.74) is 0. The minimum atomic E-state index is -3.53. The average molecular weight is 302 g/mol. The van der Waals surface area contributed by atoms with Crippen LogP contribution in [0.3, 0.4) is 0 Å². The van der Waals surface area contributed by atoms with Crippen molar-refractivity contribution in [3.05, 3.63) is 12.4 Å². The van der Waals surface area contributed by atoms with Crippen molar-refractivity contribution < 1.29 is 13.2 Å². The number of nitrogens with one attached hydrogen (secondary N) is 1. The summed E-state index contributed by atoms with van der Waals surface area (Å²) in [4.78, 5) is 8.11. The van der Waals surface area contributed by atoms with Gasteiger partial charge in [-0.25, -0.2) is 22.7 Å². The molecular weight excluding hydrogens is 280 g/mol. The van der Waals surface area contributed by atoms with E-state index in [1.165, 1.54) is 23.7 Å². The van der Waals surface area contributed by atoms with Crippen LogP contribution < -0.4 is 5.32 Å². The Morgan fingerprint density at radius 1 is 1.35 bits per heavy atom. The van der Waals surface area contributed by atoms with Gasteiger partial charge in [-0.15, -0.1) is 0 Å². The minimum absolute atomic E-state index is 0.0967. The molecule has 0 saturated carbocycles. The number of ether oxygens (including phenoxy) is 1. The van der Waals surface area contributed by atoms with E-state index >= 15 is 0 Å². The van der Waals surface area contributed by atoms with Gasteiger partial charge in [0.15, 0.2) is 0 Å². The van der Waals surface area contributed by atoms with Crippen molar-refractivity contribution in [3.8, 4) is 0 Å². The van der Waals surface area contributed by atoms with Crippen LogP contribution in [0, 0.1) is 0 Å². The van der Waals surface area contributed by atoms with Crippen LogP contribution >= 0.6 is 0 Å². The molecule has 0 atom stereocenters. The van der Waals surface area contributed by atoms with Gasteiger partial charge < -0.3 is 10.1 Å². The van der Waals surface area contributed by atoms with Gasteiger partial charge in [0.05, 0.1) is 12.4 Å². The topological polar surface area (TPSA) is 84.4 Å². The van der Waals surface area contributed by atoms with Crippen LogP contribution in [0.4, 0.5) is 5.95 Å². The molecule has 114 valence electrons. The van der Waals surface area contributed by atoms with Crippen LogP contribution in [-0.4, -0.2) is 56.5 Å². The molecular formula is C12H22N4O3S. The molecule has 1 N–H and O–H groups in total. The molecule has 1 aromatic heterocycles. The molecule has 0 unspecified atom stereocenters. The minimum Gasteiger partial charge on any atom is -0.385 e. The molecule has 0 amide bonds. The number of aromatic nitrogens is 2. The van der Waals surface area contributed by atoms with Gasteiger partial charge in [-0.3, -0.25) is 0 Å². The number of anilines is 1. The van der Waals surface area contributed by atoms with Crippen molar-refractivity contribution in [3.63, 3.8) is 0 Å². The Bertz CT molecular complexity index is 490. The number of nitrogens with zero attached hydrogens (tertiary/aromatic N) is 3. The van der Waals surface area contributed by atoms with Crippen LogP contribution in [0.2, 0.25) is 0 Å². The van der Waals surface area contributed by atoms with E-state index in [9.17, 15) is 8.42 Å². The molecule has 7 nitrogen and oxygen atoms in total. The lowest BCUT2D eigenvalue weighted by molar-refractivity contribution is 0.189. The summed E-state index contributed by atoms with van der Waals surface area (Å²) in [7, 11) is -0.408. The van der Waals surface area contributed by atoms with Gasteiger partial charge in [-0.1, -0.05) is 6.92 Å². The zero-order valence-electron chi connectivity index (χ0n) is 12.2. The quantitative estimate of drug-likeness (QED) is 0.684. The Morgan fingerprint density at radius 3 is 2.55 bits per heavy atom. The van der Waals surface area contributed by atoms with Crippen LogP contribution in [0.1, 0.15) is 19.8 Å². The third-order valence-corrected chi connectivity index (χ3v) is 4.50. The van der Waals surface area contributed by atoms with Gasteiger partial charge in [0, 0.05) is 33.9 Å². The molecule has 0 radical (unpaired) electrons. The van der Waals surface area contributed by atoms with Gasteiger partial charge >= 0.3 is 0 Å². The van der Waals surface area contributed by atoms with E-state index in [0.717, 1.165) is 13.0 Å². The Kier molecular flexibility index (Phi) is 6.83. The van der Waals surface area contributed by atoms with E-state index < -0.39 is 10.0 Å². The Balaban J connectivity index is 2.71.